The van der Waals surface area contributed by atoms with Gasteiger partial charge in [-0.05, 0) is 18.4 Å². The fourth-order valence-corrected chi connectivity index (χ4v) is 0.873. The average Bonchev–Trinajstić information content (AvgIpc) is 2.26. The molecule has 0 aliphatic heterocycles. The molecule has 0 aliphatic carbocycles. The van der Waals surface area contributed by atoms with Gasteiger partial charge in [0.25, 0.3) is 11.1 Å². The van der Waals surface area contributed by atoms with Gasteiger partial charge in [0.2, 0.25) is 0 Å². The zero-order chi connectivity index (χ0) is 10.4. The number of carbonyl (C=O) groups is 2. The first-order chi connectivity index (χ1) is 6.74. The van der Waals surface area contributed by atoms with E-state index in [0.717, 1.165) is 11.8 Å². The van der Waals surface area contributed by atoms with Gasteiger partial charge in [-0.25, -0.2) is 0 Å². The quantitative estimate of drug-likeness (QED) is 0.674. The van der Waals surface area contributed by atoms with E-state index in [0.29, 0.717) is 0 Å². The number of aromatic nitrogens is 1. The van der Waals surface area contributed by atoms with E-state index in [1.165, 1.54) is 6.20 Å². The molecule has 2 N–H and O–H groups in total. The van der Waals surface area contributed by atoms with Crippen LogP contribution in [0.4, 0.5) is 4.79 Å². The summed E-state index contributed by atoms with van der Waals surface area (Å²) >= 11 is 0.977. The second-order valence-corrected chi connectivity index (χ2v) is 3.06. The number of hydrazine groups is 1. The van der Waals surface area contributed by atoms with Crippen molar-refractivity contribution in [3.05, 3.63) is 30.1 Å². The van der Waals surface area contributed by atoms with E-state index in [1.807, 2.05) is 0 Å². The zero-order valence-corrected chi connectivity index (χ0v) is 8.30. The molecule has 0 saturated heterocycles. The number of carbonyl (C=O) groups excluding carboxylic acids is 2. The Morgan fingerprint density at radius 3 is 2.71 bits per heavy atom. The molecule has 0 aliphatic rings. The number of hydrogen-bond donors (Lipinski definition) is 2. The van der Waals surface area contributed by atoms with Gasteiger partial charge in [-0.2, -0.15) is 0 Å². The molecule has 0 radical (unpaired) electrons. The number of rotatable bonds is 1. The van der Waals surface area contributed by atoms with Gasteiger partial charge < -0.3 is 0 Å². The van der Waals surface area contributed by atoms with Crippen LogP contribution >= 0.6 is 11.8 Å². The Balaban J connectivity index is 2.48. The molecule has 14 heavy (non-hydrogen) atoms. The van der Waals surface area contributed by atoms with Crippen LogP contribution in [-0.4, -0.2) is 22.4 Å². The van der Waals surface area contributed by atoms with Gasteiger partial charge in [0, 0.05) is 6.20 Å². The lowest BCUT2D eigenvalue weighted by molar-refractivity contribution is 0.0934. The maximum Gasteiger partial charge on any atom is 0.297 e. The van der Waals surface area contributed by atoms with Gasteiger partial charge in [0.15, 0.2) is 0 Å². The fourth-order valence-electron chi connectivity index (χ4n) is 0.720. The van der Waals surface area contributed by atoms with Crippen LogP contribution < -0.4 is 10.9 Å². The summed E-state index contributed by atoms with van der Waals surface area (Å²) in [7, 11) is 0. The summed E-state index contributed by atoms with van der Waals surface area (Å²) in [6.45, 7) is 0. The number of thioether (sulfide) groups is 1. The molecule has 0 unspecified atom stereocenters. The molecule has 1 aromatic heterocycles. The lowest BCUT2D eigenvalue weighted by Gasteiger charge is -2.04. The first kappa shape index (κ1) is 10.5. The molecule has 5 nitrogen and oxygen atoms in total. The van der Waals surface area contributed by atoms with Crippen molar-refractivity contribution in [1.29, 1.82) is 0 Å². The average molecular weight is 211 g/mol. The van der Waals surface area contributed by atoms with E-state index in [9.17, 15) is 9.59 Å². The normalized spacial score (nSPS) is 9.21. The Hall–Kier alpha value is -1.56. The van der Waals surface area contributed by atoms with Gasteiger partial charge in [0.05, 0.1) is 0 Å². The Morgan fingerprint density at radius 2 is 2.14 bits per heavy atom. The summed E-state index contributed by atoms with van der Waals surface area (Å²) in [6.07, 6.45) is 3.12. The molecule has 1 aromatic rings. The van der Waals surface area contributed by atoms with Crippen molar-refractivity contribution in [1.82, 2.24) is 15.8 Å². The highest BCUT2D eigenvalue weighted by Gasteiger charge is 2.06. The molecule has 0 saturated carbocycles. The highest BCUT2D eigenvalue weighted by atomic mass is 32.2. The maximum atomic E-state index is 11.3. The highest BCUT2D eigenvalue weighted by molar-refractivity contribution is 8.12. The fraction of sp³-hybridized carbons (Fsp3) is 0.125. The summed E-state index contributed by atoms with van der Waals surface area (Å²) in [5, 5.41) is -0.325. The first-order valence-electron chi connectivity index (χ1n) is 3.79. The Bertz CT molecular complexity index is 329. The monoisotopic (exact) mass is 211 g/mol. The minimum absolute atomic E-state index is 0.258. The number of nitrogens with zero attached hydrogens (tertiary/aromatic N) is 1. The van der Waals surface area contributed by atoms with Crippen LogP contribution in [0.2, 0.25) is 0 Å². The highest BCUT2D eigenvalue weighted by Crippen LogP contribution is 1.93. The van der Waals surface area contributed by atoms with E-state index < -0.39 is 5.91 Å². The Morgan fingerprint density at radius 1 is 1.36 bits per heavy atom. The minimum Gasteiger partial charge on any atom is -0.266 e. The molecule has 0 bridgehead atoms. The number of nitrogens with one attached hydrogen (secondary N) is 2. The van der Waals surface area contributed by atoms with Crippen molar-refractivity contribution in [2.24, 2.45) is 0 Å². The molecule has 1 heterocycles. The molecule has 0 atom stereocenters. The van der Waals surface area contributed by atoms with Gasteiger partial charge in [0.1, 0.15) is 5.69 Å². The number of hydrogen-bond acceptors (Lipinski definition) is 4. The van der Waals surface area contributed by atoms with Crippen LogP contribution in [0.1, 0.15) is 10.5 Å². The SMILES string of the molecule is CSC(=O)NNC(=O)c1ccccn1. The van der Waals surface area contributed by atoms with Crippen LogP contribution in [0.5, 0.6) is 0 Å². The van der Waals surface area contributed by atoms with Crippen molar-refractivity contribution in [3.63, 3.8) is 0 Å². The van der Waals surface area contributed by atoms with Crippen LogP contribution in [0.3, 0.4) is 0 Å². The summed E-state index contributed by atoms with van der Waals surface area (Å²) in [4.78, 5) is 25.8. The van der Waals surface area contributed by atoms with Crippen molar-refractivity contribution < 1.29 is 9.59 Å². The van der Waals surface area contributed by atoms with E-state index >= 15 is 0 Å². The van der Waals surface area contributed by atoms with Crippen molar-refractivity contribution in [2.45, 2.75) is 0 Å². The Labute approximate surface area is 85.3 Å². The predicted molar refractivity (Wildman–Crippen MR) is 53.7 cm³/mol. The topological polar surface area (TPSA) is 71.1 Å². The molecule has 0 aromatic carbocycles. The second-order valence-electron chi connectivity index (χ2n) is 2.29. The Kier molecular flexibility index (Phi) is 3.93. The van der Waals surface area contributed by atoms with Gasteiger partial charge in [-0.3, -0.25) is 25.4 Å². The summed E-state index contributed by atoms with van der Waals surface area (Å²) in [5.74, 6) is -0.437. The minimum atomic E-state index is -0.437. The van der Waals surface area contributed by atoms with E-state index in [2.05, 4.69) is 15.8 Å². The van der Waals surface area contributed by atoms with Gasteiger partial charge in [-0.1, -0.05) is 17.8 Å². The summed E-state index contributed by atoms with van der Waals surface area (Å²) in [5.41, 5.74) is 4.70. The maximum absolute atomic E-state index is 11.3. The van der Waals surface area contributed by atoms with Crippen molar-refractivity contribution in [3.8, 4) is 0 Å². The van der Waals surface area contributed by atoms with Gasteiger partial charge in [-0.15, -0.1) is 0 Å². The lowest BCUT2D eigenvalue weighted by atomic mass is 10.3. The molecule has 0 spiro atoms. The molecule has 74 valence electrons. The standard InChI is InChI=1S/C8H9N3O2S/c1-14-8(13)11-10-7(12)6-4-2-3-5-9-6/h2-5H,1H3,(H,10,12)(H,11,13). The molecule has 6 heteroatoms. The largest absolute Gasteiger partial charge is 0.297 e. The first-order valence-corrected chi connectivity index (χ1v) is 5.02. The van der Waals surface area contributed by atoms with Crippen LogP contribution in [-0.2, 0) is 0 Å². The van der Waals surface area contributed by atoms with E-state index in [-0.39, 0.29) is 10.9 Å². The molecular weight excluding hydrogens is 202 g/mol. The summed E-state index contributed by atoms with van der Waals surface area (Å²) < 4.78 is 0. The number of amides is 2. The third kappa shape index (κ3) is 3.06. The molecular formula is C8H9N3O2S. The second kappa shape index (κ2) is 5.23. The predicted octanol–water partition coefficient (Wildman–Crippen LogP) is 0.799. The smallest absolute Gasteiger partial charge is 0.266 e. The third-order valence-electron chi connectivity index (χ3n) is 1.36. The molecule has 2 amide bonds. The van der Waals surface area contributed by atoms with Crippen LogP contribution in [0, 0.1) is 0 Å². The zero-order valence-electron chi connectivity index (χ0n) is 7.48. The van der Waals surface area contributed by atoms with Crippen molar-refractivity contribution >= 4 is 22.9 Å². The van der Waals surface area contributed by atoms with E-state index in [4.69, 9.17) is 0 Å². The summed E-state index contributed by atoms with van der Waals surface area (Å²) in [6, 6.07) is 4.95. The van der Waals surface area contributed by atoms with Crippen LogP contribution in [0.15, 0.2) is 24.4 Å². The number of pyridine rings is 1. The third-order valence-corrected chi connectivity index (χ3v) is 1.83. The van der Waals surface area contributed by atoms with E-state index in [1.54, 1.807) is 24.5 Å². The lowest BCUT2D eigenvalue weighted by Crippen LogP contribution is -2.39. The van der Waals surface area contributed by atoms with Crippen LogP contribution in [0.25, 0.3) is 0 Å². The van der Waals surface area contributed by atoms with Crippen molar-refractivity contribution in [2.75, 3.05) is 6.26 Å². The molecule has 1 rings (SSSR count). The molecule has 0 fully saturated rings. The van der Waals surface area contributed by atoms with Gasteiger partial charge >= 0.3 is 0 Å².